The molecule has 0 bridgehead atoms. The van der Waals surface area contributed by atoms with Crippen molar-refractivity contribution in [3.05, 3.63) is 7.11 Å². The third-order valence-corrected chi connectivity index (χ3v) is 0.333. The van der Waals surface area contributed by atoms with Gasteiger partial charge in [-0.2, -0.15) is 0 Å². The van der Waals surface area contributed by atoms with E-state index in [-0.39, 0.29) is 41.6 Å². The molecule has 7 heavy (non-hydrogen) atoms. The zero-order valence-electron chi connectivity index (χ0n) is 4.78. The van der Waals surface area contributed by atoms with E-state index in [1.165, 1.54) is 0 Å². The fraction of sp³-hybridized carbons (Fsp3) is 0.750. The van der Waals surface area contributed by atoms with Crippen molar-refractivity contribution in [3.63, 3.8) is 0 Å². The molecule has 1 nitrogen and oxygen atoms in total. The van der Waals surface area contributed by atoms with E-state index >= 15 is 0 Å². The molecular weight excluding hydrogens is 124 g/mol. The normalized spacial score (nSPS) is 6.86. The Labute approximate surface area is 67.4 Å². The summed E-state index contributed by atoms with van der Waals surface area (Å²) in [6.45, 7) is 3.88. The topological polar surface area (TPSA) is 9.23 Å². The van der Waals surface area contributed by atoms with E-state index in [1.807, 2.05) is 13.8 Å². The number of ether oxygens (including phenoxy) is 1. The Morgan fingerprint density at radius 2 is 1.57 bits per heavy atom. The molecule has 0 radical (unpaired) electrons. The molecule has 0 unspecified atom stereocenters. The van der Waals surface area contributed by atoms with Crippen molar-refractivity contribution in [1.29, 1.82) is 0 Å². The van der Waals surface area contributed by atoms with Crippen molar-refractivity contribution in [1.82, 2.24) is 0 Å². The van der Waals surface area contributed by atoms with Gasteiger partial charge in [0.05, 0.1) is 0 Å². The molecule has 0 aromatic carbocycles. The first-order chi connectivity index (χ1) is 2.27. The first-order valence-electron chi connectivity index (χ1n) is 1.68. The van der Waals surface area contributed by atoms with Crippen molar-refractivity contribution in [2.45, 2.75) is 20.0 Å². The van der Waals surface area contributed by atoms with Gasteiger partial charge in [-0.05, 0) is 13.8 Å². The maximum atomic E-state index is 4.50. The van der Waals surface area contributed by atoms with Gasteiger partial charge >= 0.3 is 23.1 Å². The monoisotopic (exact) mass is 132 g/mol. The molecule has 0 atom stereocenters. The van der Waals surface area contributed by atoms with Crippen molar-refractivity contribution in [3.8, 4) is 0 Å². The van der Waals surface area contributed by atoms with Crippen LogP contribution in [0.2, 0.25) is 0 Å². The number of hydrogen-bond acceptors (Lipinski definition) is 1. The van der Waals surface area contributed by atoms with E-state index in [1.54, 1.807) is 0 Å². The van der Waals surface area contributed by atoms with Crippen LogP contribution in [0, 0.1) is 7.11 Å². The van der Waals surface area contributed by atoms with Gasteiger partial charge in [0.2, 0.25) is 0 Å². The van der Waals surface area contributed by atoms with E-state index in [0.717, 1.165) is 0 Å². The molecule has 0 aliphatic heterocycles. The van der Waals surface area contributed by atoms with Crippen LogP contribution in [-0.4, -0.2) is 29.2 Å². The van der Waals surface area contributed by atoms with Gasteiger partial charge in [-0.25, -0.2) is 7.11 Å². The van der Waals surface area contributed by atoms with Crippen molar-refractivity contribution >= 4 is 23.1 Å². The Hall–Kier alpha value is 1.02. The predicted octanol–water partition coefficient (Wildman–Crippen LogP) is -2.17. The summed E-state index contributed by atoms with van der Waals surface area (Å²) in [5, 5.41) is 0. The molecule has 0 N–H and O–H groups in total. The maximum Gasteiger partial charge on any atom is 2.00 e. The van der Waals surface area contributed by atoms with Crippen LogP contribution in [-0.2, 0) is 4.74 Å². The summed E-state index contributed by atoms with van der Waals surface area (Å²) >= 11 is 0. The van der Waals surface area contributed by atoms with Crippen molar-refractivity contribution in [2.24, 2.45) is 0 Å². The van der Waals surface area contributed by atoms with Gasteiger partial charge in [-0.3, -0.25) is 0 Å². The summed E-state index contributed by atoms with van der Waals surface area (Å²) in [5.41, 5.74) is 0. The first kappa shape index (κ1) is 15.7. The zero-order valence-corrected chi connectivity index (χ0v) is 6.95. The van der Waals surface area contributed by atoms with Gasteiger partial charge in [0.25, 0.3) is 0 Å². The van der Waals surface area contributed by atoms with E-state index in [2.05, 4.69) is 11.8 Å². The average molecular weight is 133 g/mol. The van der Waals surface area contributed by atoms with Gasteiger partial charge in [-0.1, -0.05) is 0 Å². The second-order valence-electron chi connectivity index (χ2n) is 1.22. The summed E-state index contributed by atoms with van der Waals surface area (Å²) in [7, 11) is 3.19. The molecule has 3 heteroatoms. The molecule has 0 aliphatic carbocycles. The Morgan fingerprint density at radius 3 is 1.57 bits per heavy atom. The van der Waals surface area contributed by atoms with Crippen LogP contribution in [0.15, 0.2) is 0 Å². The van der Waals surface area contributed by atoms with Crippen LogP contribution < -0.4 is 12.4 Å². The molecular formula is C4H9ClMgO. The summed E-state index contributed by atoms with van der Waals surface area (Å²) < 4.78 is 4.50. The van der Waals surface area contributed by atoms with Crippen molar-refractivity contribution in [2.75, 3.05) is 0 Å². The Balaban J connectivity index is -0.0000000800. The van der Waals surface area contributed by atoms with Crippen LogP contribution in [0.25, 0.3) is 0 Å². The largest absolute Gasteiger partial charge is 2.00 e. The number of halogens is 1. The molecule has 0 rings (SSSR count). The average Bonchev–Trinajstić information content (AvgIpc) is 1.38. The van der Waals surface area contributed by atoms with Gasteiger partial charge < -0.3 is 17.1 Å². The molecule has 0 heterocycles. The summed E-state index contributed by atoms with van der Waals surface area (Å²) in [5.74, 6) is 0. The van der Waals surface area contributed by atoms with Crippen LogP contribution in [0.4, 0.5) is 0 Å². The number of rotatable bonds is 1. The van der Waals surface area contributed by atoms with Crippen LogP contribution >= 0.6 is 0 Å². The zero-order chi connectivity index (χ0) is 4.28. The van der Waals surface area contributed by atoms with Gasteiger partial charge in [0.15, 0.2) is 0 Å². The summed E-state index contributed by atoms with van der Waals surface area (Å²) in [6.07, 6.45) is 0.273. The molecule has 0 fully saturated rings. The third kappa shape index (κ3) is 19.4. The molecule has 0 aromatic rings. The summed E-state index contributed by atoms with van der Waals surface area (Å²) in [6, 6.07) is 0. The van der Waals surface area contributed by atoms with E-state index in [4.69, 9.17) is 0 Å². The Kier molecular flexibility index (Phi) is 22.6. The predicted molar refractivity (Wildman–Crippen MR) is 27.3 cm³/mol. The smallest absolute Gasteiger partial charge is 1.00 e. The van der Waals surface area contributed by atoms with Crippen molar-refractivity contribution < 1.29 is 17.1 Å². The summed E-state index contributed by atoms with van der Waals surface area (Å²) in [4.78, 5) is 0. The minimum absolute atomic E-state index is 0. The van der Waals surface area contributed by atoms with E-state index in [0.29, 0.717) is 0 Å². The first-order valence-corrected chi connectivity index (χ1v) is 1.68. The van der Waals surface area contributed by atoms with Gasteiger partial charge in [0.1, 0.15) is 0 Å². The maximum absolute atomic E-state index is 4.50. The molecule has 40 valence electrons. The Morgan fingerprint density at radius 1 is 1.43 bits per heavy atom. The number of hydrogen-bond donors (Lipinski definition) is 0. The van der Waals surface area contributed by atoms with Crippen LogP contribution in [0.3, 0.4) is 0 Å². The van der Waals surface area contributed by atoms with Gasteiger partial charge in [-0.15, -0.1) is 0 Å². The Bertz CT molecular complexity index is 25.7. The second-order valence-corrected chi connectivity index (χ2v) is 1.22. The molecule has 0 aliphatic rings. The third-order valence-electron chi connectivity index (χ3n) is 0.333. The molecule has 0 saturated carbocycles. The minimum Gasteiger partial charge on any atom is -1.00 e. The van der Waals surface area contributed by atoms with Gasteiger partial charge in [0, 0.05) is 6.10 Å². The van der Waals surface area contributed by atoms with Crippen LogP contribution in [0.1, 0.15) is 13.8 Å². The molecule has 0 aromatic heterocycles. The van der Waals surface area contributed by atoms with E-state index in [9.17, 15) is 0 Å². The quantitative estimate of drug-likeness (QED) is 0.292. The fourth-order valence-electron chi connectivity index (χ4n) is 0. The molecule has 0 amide bonds. The minimum atomic E-state index is 0. The molecule has 0 saturated heterocycles. The molecule has 0 spiro atoms. The SMILES string of the molecule is [CH2-]OC(C)C.[Cl-].[Mg+2]. The standard InChI is InChI=1S/C4H9O.ClH.Mg/c1-4(2)5-3;;/h4H,3H2,1-2H3;1H;/q-1;;+2/p-1. The second kappa shape index (κ2) is 10.1. The van der Waals surface area contributed by atoms with E-state index < -0.39 is 0 Å². The fourth-order valence-corrected chi connectivity index (χ4v) is 0. The van der Waals surface area contributed by atoms with Crippen LogP contribution in [0.5, 0.6) is 0 Å².